The zero-order chi connectivity index (χ0) is 23.6. The molecule has 10 heteroatoms. The molecule has 0 bridgehead atoms. The third-order valence-corrected chi connectivity index (χ3v) is 8.95. The third kappa shape index (κ3) is 5.15. The number of carbonyl (C=O) groups is 1. The van der Waals surface area contributed by atoms with Gasteiger partial charge >= 0.3 is 0 Å². The molecule has 31 heavy (non-hydrogen) atoms. The number of anilines is 1. The average molecular weight is 468 g/mol. The minimum absolute atomic E-state index is 0.00378. The van der Waals surface area contributed by atoms with Gasteiger partial charge in [0, 0.05) is 38.4 Å². The quantitative estimate of drug-likeness (QED) is 0.643. The molecule has 0 atom stereocenters. The summed E-state index contributed by atoms with van der Waals surface area (Å²) in [6.07, 6.45) is 0. The summed E-state index contributed by atoms with van der Waals surface area (Å²) in [6, 6.07) is 8.73. The number of carbonyl (C=O) groups excluding carboxylic acids is 1. The molecule has 8 nitrogen and oxygen atoms in total. The molecule has 0 aromatic heterocycles. The lowest BCUT2D eigenvalue weighted by molar-refractivity contribution is 0.102. The van der Waals surface area contributed by atoms with Crippen LogP contribution >= 0.6 is 0 Å². The summed E-state index contributed by atoms with van der Waals surface area (Å²) in [5.74, 6) is -0.532. The zero-order valence-corrected chi connectivity index (χ0v) is 20.3. The first kappa shape index (κ1) is 25.0. The lowest BCUT2D eigenvalue weighted by Crippen LogP contribution is -2.30. The predicted molar refractivity (Wildman–Crippen MR) is 121 cm³/mol. The van der Waals surface area contributed by atoms with Gasteiger partial charge in [0.2, 0.25) is 20.0 Å². The van der Waals surface area contributed by atoms with Gasteiger partial charge in [-0.1, -0.05) is 19.9 Å². The summed E-state index contributed by atoms with van der Waals surface area (Å²) in [5, 5.41) is 2.73. The molecule has 0 saturated heterocycles. The molecule has 0 heterocycles. The Kier molecular flexibility index (Phi) is 7.64. The van der Waals surface area contributed by atoms with Gasteiger partial charge in [-0.3, -0.25) is 4.79 Å². The van der Waals surface area contributed by atoms with Crippen LogP contribution in [-0.2, 0) is 20.0 Å². The Morgan fingerprint density at radius 3 is 2.06 bits per heavy atom. The van der Waals surface area contributed by atoms with Crippen molar-refractivity contribution < 1.29 is 21.6 Å². The van der Waals surface area contributed by atoms with Crippen molar-refractivity contribution in [1.29, 1.82) is 0 Å². The number of aryl methyl sites for hydroxylation is 1. The Bertz CT molecular complexity index is 1190. The highest BCUT2D eigenvalue weighted by Gasteiger charge is 2.24. The molecular weight excluding hydrogens is 438 g/mol. The summed E-state index contributed by atoms with van der Waals surface area (Å²) >= 11 is 0. The lowest BCUT2D eigenvalue weighted by atomic mass is 10.1. The maximum Gasteiger partial charge on any atom is 0.255 e. The van der Waals surface area contributed by atoms with Crippen LogP contribution in [0.15, 0.2) is 46.2 Å². The number of hydrogen-bond donors (Lipinski definition) is 1. The highest BCUT2D eigenvalue weighted by molar-refractivity contribution is 7.89. The minimum Gasteiger partial charge on any atom is -0.322 e. The van der Waals surface area contributed by atoms with E-state index in [-0.39, 0.29) is 15.4 Å². The standard InChI is InChI=1S/C21H29N3O5S2/c1-7-24(8-2)31(28,29)19-12-15(3)16(4)20(14-19)22-21(25)17-10-9-11-18(13-17)30(26,27)23(5)6/h9-14H,7-8H2,1-6H3,(H,22,25). The number of hydrogen-bond acceptors (Lipinski definition) is 5. The van der Waals surface area contributed by atoms with Crippen LogP contribution in [-0.4, -0.2) is 58.5 Å². The summed E-state index contributed by atoms with van der Waals surface area (Å²) in [4.78, 5) is 12.9. The van der Waals surface area contributed by atoms with Crippen LogP contribution in [0.1, 0.15) is 35.3 Å². The molecule has 2 aromatic rings. The first-order valence-electron chi connectivity index (χ1n) is 9.81. The summed E-state index contributed by atoms with van der Waals surface area (Å²) in [7, 11) is -4.57. The maximum atomic E-state index is 12.9. The van der Waals surface area contributed by atoms with Crippen LogP contribution in [0, 0.1) is 13.8 Å². The lowest BCUT2D eigenvalue weighted by Gasteiger charge is -2.20. The summed E-state index contributed by atoms with van der Waals surface area (Å²) in [6.45, 7) is 7.75. The molecule has 1 N–H and O–H groups in total. The van der Waals surface area contributed by atoms with E-state index in [4.69, 9.17) is 0 Å². The van der Waals surface area contributed by atoms with Crippen molar-refractivity contribution in [2.45, 2.75) is 37.5 Å². The third-order valence-electron chi connectivity index (χ3n) is 5.11. The second-order valence-electron chi connectivity index (χ2n) is 7.27. The van der Waals surface area contributed by atoms with Gasteiger partial charge in [0.05, 0.1) is 9.79 Å². The van der Waals surface area contributed by atoms with Gasteiger partial charge in [0.15, 0.2) is 0 Å². The first-order chi connectivity index (χ1) is 14.4. The van der Waals surface area contributed by atoms with E-state index in [1.807, 2.05) is 0 Å². The van der Waals surface area contributed by atoms with Crippen molar-refractivity contribution in [3.63, 3.8) is 0 Å². The van der Waals surface area contributed by atoms with Crippen LogP contribution in [0.4, 0.5) is 5.69 Å². The molecule has 0 unspecified atom stereocenters. The van der Waals surface area contributed by atoms with Crippen LogP contribution in [0.2, 0.25) is 0 Å². The molecule has 2 aromatic carbocycles. The van der Waals surface area contributed by atoms with Gasteiger partial charge in [0.1, 0.15) is 0 Å². The zero-order valence-electron chi connectivity index (χ0n) is 18.6. The molecule has 2 rings (SSSR count). The van der Waals surface area contributed by atoms with Gasteiger partial charge in [-0.2, -0.15) is 4.31 Å². The first-order valence-corrected chi connectivity index (χ1v) is 12.7. The van der Waals surface area contributed by atoms with E-state index in [9.17, 15) is 21.6 Å². The number of rotatable bonds is 8. The predicted octanol–water partition coefficient (Wildman–Crippen LogP) is 2.84. The van der Waals surface area contributed by atoms with Crippen molar-refractivity contribution >= 4 is 31.6 Å². The molecule has 1 amide bonds. The normalized spacial score (nSPS) is 12.4. The molecular formula is C21H29N3O5S2. The SMILES string of the molecule is CCN(CC)S(=O)(=O)c1cc(C)c(C)c(NC(=O)c2cccc(S(=O)(=O)N(C)C)c2)c1. The average Bonchev–Trinajstić information content (AvgIpc) is 2.71. The minimum atomic E-state index is -3.70. The van der Waals surface area contributed by atoms with E-state index in [1.165, 1.54) is 48.7 Å². The Labute approximate surface area is 185 Å². The van der Waals surface area contributed by atoms with Gasteiger partial charge in [0.25, 0.3) is 5.91 Å². The smallest absolute Gasteiger partial charge is 0.255 e. The van der Waals surface area contributed by atoms with Gasteiger partial charge in [-0.15, -0.1) is 0 Å². The van der Waals surface area contributed by atoms with E-state index in [0.717, 1.165) is 9.87 Å². The number of benzene rings is 2. The molecule has 170 valence electrons. The van der Waals surface area contributed by atoms with E-state index in [0.29, 0.717) is 24.3 Å². The van der Waals surface area contributed by atoms with Gasteiger partial charge in [-0.25, -0.2) is 21.1 Å². The van der Waals surface area contributed by atoms with Crippen LogP contribution in [0.3, 0.4) is 0 Å². The fourth-order valence-corrected chi connectivity index (χ4v) is 5.54. The number of amides is 1. The molecule has 0 aliphatic heterocycles. The largest absolute Gasteiger partial charge is 0.322 e. The summed E-state index contributed by atoms with van der Waals surface area (Å²) in [5.41, 5.74) is 1.95. The molecule has 0 radical (unpaired) electrons. The number of nitrogens with one attached hydrogen (secondary N) is 1. The Hall–Kier alpha value is -2.27. The van der Waals surface area contributed by atoms with Crippen LogP contribution in [0.5, 0.6) is 0 Å². The fraction of sp³-hybridized carbons (Fsp3) is 0.381. The van der Waals surface area contributed by atoms with E-state index >= 15 is 0 Å². The van der Waals surface area contributed by atoms with E-state index in [2.05, 4.69) is 5.32 Å². The number of sulfonamides is 2. The van der Waals surface area contributed by atoms with Gasteiger partial charge < -0.3 is 5.32 Å². The second kappa shape index (κ2) is 9.47. The summed E-state index contributed by atoms with van der Waals surface area (Å²) < 4.78 is 53.0. The van der Waals surface area contributed by atoms with Gasteiger partial charge in [-0.05, 0) is 55.3 Å². The Morgan fingerprint density at radius 1 is 0.903 bits per heavy atom. The van der Waals surface area contributed by atoms with Crippen molar-refractivity contribution in [3.05, 3.63) is 53.1 Å². The number of nitrogens with zero attached hydrogens (tertiary/aromatic N) is 2. The monoisotopic (exact) mass is 467 g/mol. The molecule has 0 aliphatic rings. The van der Waals surface area contributed by atoms with Crippen molar-refractivity contribution in [2.24, 2.45) is 0 Å². The Balaban J connectivity index is 2.46. The van der Waals surface area contributed by atoms with Crippen molar-refractivity contribution in [1.82, 2.24) is 8.61 Å². The molecule has 0 aliphatic carbocycles. The van der Waals surface area contributed by atoms with E-state index < -0.39 is 26.0 Å². The highest BCUT2D eigenvalue weighted by Crippen LogP contribution is 2.27. The molecule has 0 saturated carbocycles. The second-order valence-corrected chi connectivity index (χ2v) is 11.4. The van der Waals surface area contributed by atoms with Crippen molar-refractivity contribution in [3.8, 4) is 0 Å². The highest BCUT2D eigenvalue weighted by atomic mass is 32.2. The van der Waals surface area contributed by atoms with Crippen LogP contribution < -0.4 is 5.32 Å². The van der Waals surface area contributed by atoms with Crippen molar-refractivity contribution in [2.75, 3.05) is 32.5 Å². The fourth-order valence-electron chi connectivity index (χ4n) is 3.02. The Morgan fingerprint density at radius 2 is 1.52 bits per heavy atom. The molecule has 0 fully saturated rings. The topological polar surface area (TPSA) is 104 Å². The molecule has 0 spiro atoms. The van der Waals surface area contributed by atoms with Crippen LogP contribution in [0.25, 0.3) is 0 Å². The van der Waals surface area contributed by atoms with E-state index in [1.54, 1.807) is 33.8 Å². The maximum absolute atomic E-state index is 12.9.